The average molecular weight is 606 g/mol. The van der Waals surface area contributed by atoms with Gasteiger partial charge in [-0.15, -0.1) is 0 Å². The van der Waals surface area contributed by atoms with Gasteiger partial charge in [-0.05, 0) is 18.6 Å². The number of amides is 3. The zero-order valence-corrected chi connectivity index (χ0v) is 24.2. The van der Waals surface area contributed by atoms with Crippen LogP contribution in [0.2, 0.25) is 0 Å². The minimum Gasteiger partial charge on any atom is -0.481 e. The smallest absolute Gasteiger partial charge is 0.409 e. The predicted octanol–water partition coefficient (Wildman–Crippen LogP) is 1.99. The average Bonchev–Trinajstić information content (AvgIpc) is 2.96. The second-order valence-corrected chi connectivity index (χ2v) is 11.4. The van der Waals surface area contributed by atoms with Gasteiger partial charge >= 0.3 is 19.7 Å². The molecular weight excluding hydrogens is 569 g/mol. The Morgan fingerprint density at radius 1 is 1.05 bits per heavy atom. The number of piperazine rings is 1. The van der Waals surface area contributed by atoms with E-state index < -0.39 is 43.7 Å². The van der Waals surface area contributed by atoms with E-state index in [2.05, 4.69) is 15.6 Å². The minimum absolute atomic E-state index is 0.0755. The molecule has 0 radical (unpaired) electrons. The maximum Gasteiger partial charge on any atom is 0.409 e. The first kappa shape index (κ1) is 32.5. The summed E-state index contributed by atoms with van der Waals surface area (Å²) in [5.41, 5.74) is 1.32. The zero-order valence-electron chi connectivity index (χ0n) is 23.3. The topological polar surface area (TPSA) is 199 Å². The molecule has 14 nitrogen and oxygen atoms in total. The lowest BCUT2D eigenvalue weighted by Crippen LogP contribution is -2.56. The third-order valence-electron chi connectivity index (χ3n) is 6.39. The molecule has 42 heavy (non-hydrogen) atoms. The molecular formula is C27H36N5O9P. The standard InChI is InChI=1S/C27H36N5O9P/c1-2-3-15-41-27(37)32-13-11-31(12-14-32)26(36)23(18-42(38,39)40)30-25(35)22-17-20(28-10-9-24(33)34)16-21(29-22)19-7-5-4-6-8-19/h4-8,16-17,23H,2-3,9-15,18H2,1H3,(H,28,29)(H,30,35)(H,33,34)(H2,38,39,40)/t23-/m0/s1. The number of nitrogens with zero attached hydrogens (tertiary/aromatic N) is 3. The molecule has 15 heteroatoms. The number of ether oxygens (including phenoxy) is 1. The lowest BCUT2D eigenvalue weighted by Gasteiger charge is -2.36. The molecule has 1 aliphatic rings. The highest BCUT2D eigenvalue weighted by molar-refractivity contribution is 7.51. The second kappa shape index (κ2) is 15.3. The molecule has 5 N–H and O–H groups in total. The van der Waals surface area contributed by atoms with Gasteiger partial charge in [0, 0.05) is 44.0 Å². The second-order valence-electron chi connectivity index (χ2n) is 9.72. The first-order valence-corrected chi connectivity index (χ1v) is 15.4. The number of hydrogen-bond acceptors (Lipinski definition) is 8. The molecule has 1 saturated heterocycles. The van der Waals surface area contributed by atoms with Gasteiger partial charge in [-0.2, -0.15) is 0 Å². The molecule has 1 aromatic carbocycles. The van der Waals surface area contributed by atoms with Gasteiger partial charge < -0.3 is 40.1 Å². The summed E-state index contributed by atoms with van der Waals surface area (Å²) in [7, 11) is -4.74. The Hall–Kier alpha value is -4.00. The van der Waals surface area contributed by atoms with Gasteiger partial charge in [0.25, 0.3) is 5.91 Å². The Labute approximate surface area is 243 Å². The van der Waals surface area contributed by atoms with Crippen LogP contribution in [0.4, 0.5) is 10.5 Å². The van der Waals surface area contributed by atoms with Crippen LogP contribution in [0, 0.1) is 0 Å². The van der Waals surface area contributed by atoms with Crippen molar-refractivity contribution in [2.24, 2.45) is 0 Å². The van der Waals surface area contributed by atoms with Crippen molar-refractivity contribution in [3.8, 4) is 11.3 Å². The van der Waals surface area contributed by atoms with Crippen LogP contribution in [-0.4, -0.2) is 105 Å². The molecule has 3 amide bonds. The molecule has 0 aliphatic carbocycles. The van der Waals surface area contributed by atoms with Crippen molar-refractivity contribution in [2.45, 2.75) is 32.2 Å². The summed E-state index contributed by atoms with van der Waals surface area (Å²) in [6, 6.07) is 10.3. The number of carbonyl (C=O) groups excluding carboxylic acids is 3. The number of aliphatic carboxylic acids is 1. The molecule has 1 atom stereocenters. The molecule has 3 rings (SSSR count). The van der Waals surface area contributed by atoms with E-state index in [9.17, 15) is 33.5 Å². The number of carboxylic acids is 1. The fraction of sp³-hybridized carbons (Fsp3) is 0.444. The summed E-state index contributed by atoms with van der Waals surface area (Å²) >= 11 is 0. The number of unbranched alkanes of at least 4 members (excludes halogenated alkanes) is 1. The Balaban J connectivity index is 1.77. The molecule has 0 spiro atoms. The fourth-order valence-electron chi connectivity index (χ4n) is 4.20. The molecule has 2 aromatic rings. The molecule has 2 heterocycles. The molecule has 1 aliphatic heterocycles. The van der Waals surface area contributed by atoms with Crippen LogP contribution in [0.1, 0.15) is 36.7 Å². The van der Waals surface area contributed by atoms with Crippen LogP contribution in [-0.2, 0) is 18.9 Å². The summed E-state index contributed by atoms with van der Waals surface area (Å²) in [6.45, 7) is 2.86. The highest BCUT2D eigenvalue weighted by Crippen LogP contribution is 2.35. The molecule has 1 aromatic heterocycles. The molecule has 228 valence electrons. The Morgan fingerprint density at radius 3 is 2.33 bits per heavy atom. The highest BCUT2D eigenvalue weighted by Gasteiger charge is 2.35. The van der Waals surface area contributed by atoms with Gasteiger partial charge in [-0.3, -0.25) is 18.9 Å². The van der Waals surface area contributed by atoms with E-state index in [1.165, 1.54) is 15.9 Å². The van der Waals surface area contributed by atoms with Gasteiger partial charge in [0.1, 0.15) is 11.7 Å². The van der Waals surface area contributed by atoms with Crippen molar-refractivity contribution in [1.82, 2.24) is 20.1 Å². The Morgan fingerprint density at radius 2 is 1.71 bits per heavy atom. The SMILES string of the molecule is CCCCOC(=O)N1CCN(C(=O)[C@H](CP(=O)(O)O)NC(=O)c2cc(NCCC(=O)O)cc(-c3ccccc3)n2)CC1. The molecule has 0 bridgehead atoms. The third kappa shape index (κ3) is 10.1. The van der Waals surface area contributed by atoms with E-state index in [0.29, 0.717) is 23.6 Å². The Bertz CT molecular complexity index is 1300. The molecule has 0 unspecified atom stereocenters. The summed E-state index contributed by atoms with van der Waals surface area (Å²) in [6.07, 6.45) is 0.00704. The number of benzene rings is 1. The maximum atomic E-state index is 13.3. The number of hydrogen-bond donors (Lipinski definition) is 5. The van der Waals surface area contributed by atoms with Gasteiger partial charge in [0.2, 0.25) is 5.91 Å². The van der Waals surface area contributed by atoms with Crippen LogP contribution in [0.15, 0.2) is 42.5 Å². The number of anilines is 1. The normalized spacial score (nSPS) is 14.2. The molecule has 1 fully saturated rings. The molecule has 0 saturated carbocycles. The quantitative estimate of drug-likeness (QED) is 0.165. The lowest BCUT2D eigenvalue weighted by molar-refractivity contribution is -0.136. The first-order valence-electron chi connectivity index (χ1n) is 13.6. The zero-order chi connectivity index (χ0) is 30.7. The number of aromatic nitrogens is 1. The van der Waals surface area contributed by atoms with E-state index in [1.807, 2.05) is 6.92 Å². The monoisotopic (exact) mass is 605 g/mol. The summed E-state index contributed by atoms with van der Waals surface area (Å²) in [5.74, 6) is -2.56. The van der Waals surface area contributed by atoms with Crippen molar-refractivity contribution in [2.75, 3.05) is 50.8 Å². The van der Waals surface area contributed by atoms with Gasteiger partial charge in [-0.1, -0.05) is 43.7 Å². The summed E-state index contributed by atoms with van der Waals surface area (Å²) in [5, 5.41) is 14.3. The predicted molar refractivity (Wildman–Crippen MR) is 153 cm³/mol. The summed E-state index contributed by atoms with van der Waals surface area (Å²) in [4.78, 5) is 76.3. The number of nitrogens with one attached hydrogen (secondary N) is 2. The van der Waals surface area contributed by atoms with Crippen molar-refractivity contribution in [1.29, 1.82) is 0 Å². The van der Waals surface area contributed by atoms with Crippen LogP contribution in [0.25, 0.3) is 11.3 Å². The summed E-state index contributed by atoms with van der Waals surface area (Å²) < 4.78 is 17.1. The van der Waals surface area contributed by atoms with E-state index in [-0.39, 0.29) is 44.8 Å². The van der Waals surface area contributed by atoms with Crippen LogP contribution in [0.3, 0.4) is 0 Å². The Kier molecular flexibility index (Phi) is 11.8. The number of pyridine rings is 1. The first-order chi connectivity index (χ1) is 20.0. The van der Waals surface area contributed by atoms with Crippen molar-refractivity contribution in [3.05, 3.63) is 48.2 Å². The number of rotatable bonds is 13. The van der Waals surface area contributed by atoms with Crippen LogP contribution >= 0.6 is 7.60 Å². The maximum absolute atomic E-state index is 13.3. The lowest BCUT2D eigenvalue weighted by atomic mass is 10.1. The highest BCUT2D eigenvalue weighted by atomic mass is 31.2. The van der Waals surface area contributed by atoms with E-state index in [1.54, 1.807) is 36.4 Å². The van der Waals surface area contributed by atoms with E-state index in [0.717, 1.165) is 12.8 Å². The van der Waals surface area contributed by atoms with Crippen LogP contribution in [0.5, 0.6) is 0 Å². The van der Waals surface area contributed by atoms with Gasteiger partial charge in [0.05, 0.1) is 24.9 Å². The van der Waals surface area contributed by atoms with Crippen molar-refractivity contribution in [3.63, 3.8) is 0 Å². The largest absolute Gasteiger partial charge is 0.481 e. The van der Waals surface area contributed by atoms with Crippen molar-refractivity contribution >= 4 is 37.2 Å². The van der Waals surface area contributed by atoms with Crippen LogP contribution < -0.4 is 10.6 Å². The van der Waals surface area contributed by atoms with Gasteiger partial charge in [-0.25, -0.2) is 9.78 Å². The van der Waals surface area contributed by atoms with E-state index in [4.69, 9.17) is 9.84 Å². The van der Waals surface area contributed by atoms with E-state index >= 15 is 0 Å². The fourth-order valence-corrected chi connectivity index (χ4v) is 4.92. The third-order valence-corrected chi connectivity index (χ3v) is 7.23. The minimum atomic E-state index is -4.74. The number of carbonyl (C=O) groups is 4. The van der Waals surface area contributed by atoms with Gasteiger partial charge in [0.15, 0.2) is 0 Å². The number of carboxylic acid groups (broad SMARTS) is 1. The van der Waals surface area contributed by atoms with Crippen molar-refractivity contribution < 1.29 is 43.4 Å².